The number of hydrogen-bond acceptors (Lipinski definition) is 3. The van der Waals surface area contributed by atoms with Crippen molar-refractivity contribution in [1.29, 1.82) is 0 Å². The van der Waals surface area contributed by atoms with E-state index in [-0.39, 0.29) is 11.3 Å². The molecule has 0 unspecified atom stereocenters. The number of aromatic nitrogens is 1. The molecule has 0 aliphatic carbocycles. The minimum Gasteiger partial charge on any atom is -0.382 e. The first-order valence-corrected chi connectivity index (χ1v) is 9.35. The molecular formula is C22H23N3O2. The minimum absolute atomic E-state index is 0.104. The first-order chi connectivity index (χ1) is 13.1. The van der Waals surface area contributed by atoms with E-state index in [9.17, 15) is 9.59 Å². The van der Waals surface area contributed by atoms with Gasteiger partial charge in [-0.05, 0) is 43.5 Å². The fourth-order valence-corrected chi connectivity index (χ4v) is 3.66. The summed E-state index contributed by atoms with van der Waals surface area (Å²) in [7, 11) is 0. The van der Waals surface area contributed by atoms with Crippen LogP contribution in [0.2, 0.25) is 0 Å². The van der Waals surface area contributed by atoms with Gasteiger partial charge in [-0.1, -0.05) is 30.3 Å². The van der Waals surface area contributed by atoms with E-state index in [1.807, 2.05) is 35.2 Å². The number of hydrogen-bond donors (Lipinski definition) is 2. The molecule has 4 rings (SSSR count). The molecule has 5 heteroatoms. The quantitative estimate of drug-likeness (QED) is 0.750. The number of carbonyl (C=O) groups excluding carboxylic acids is 1. The smallest absolute Gasteiger partial charge is 0.270 e. The molecule has 1 aliphatic rings. The number of para-hydroxylation sites is 2. The van der Waals surface area contributed by atoms with Crippen LogP contribution in [0.25, 0.3) is 10.9 Å². The fourth-order valence-electron chi connectivity index (χ4n) is 3.66. The Bertz CT molecular complexity index is 1030. The summed E-state index contributed by atoms with van der Waals surface area (Å²) in [5, 5.41) is 4.19. The first kappa shape index (κ1) is 17.3. The zero-order valence-electron chi connectivity index (χ0n) is 15.4. The number of benzene rings is 2. The number of aromatic amines is 1. The van der Waals surface area contributed by atoms with Crippen LogP contribution in [0.15, 0.2) is 59.4 Å². The van der Waals surface area contributed by atoms with E-state index in [0.717, 1.165) is 18.5 Å². The second-order valence-electron chi connectivity index (χ2n) is 7.12. The van der Waals surface area contributed by atoms with Crippen LogP contribution in [0, 0.1) is 6.92 Å². The van der Waals surface area contributed by atoms with Gasteiger partial charge in [0, 0.05) is 41.8 Å². The number of likely N-dealkylation sites (tertiary alicyclic amines) is 1. The summed E-state index contributed by atoms with van der Waals surface area (Å²) in [5.74, 6) is -0.104. The van der Waals surface area contributed by atoms with Gasteiger partial charge in [-0.25, -0.2) is 0 Å². The van der Waals surface area contributed by atoms with Crippen molar-refractivity contribution in [2.75, 3.05) is 18.4 Å². The number of H-pyrrole nitrogens is 1. The average Bonchev–Trinajstić information content (AvgIpc) is 2.70. The van der Waals surface area contributed by atoms with Crippen molar-refractivity contribution in [3.8, 4) is 0 Å². The van der Waals surface area contributed by atoms with Gasteiger partial charge in [0.25, 0.3) is 5.91 Å². The van der Waals surface area contributed by atoms with Crippen LogP contribution < -0.4 is 10.7 Å². The van der Waals surface area contributed by atoms with Gasteiger partial charge in [0.05, 0.1) is 0 Å². The highest BCUT2D eigenvalue weighted by Crippen LogP contribution is 2.20. The molecule has 5 nitrogen and oxygen atoms in total. The Labute approximate surface area is 158 Å². The molecule has 0 spiro atoms. The van der Waals surface area contributed by atoms with Crippen molar-refractivity contribution in [1.82, 2.24) is 9.88 Å². The van der Waals surface area contributed by atoms with Crippen molar-refractivity contribution >= 4 is 22.5 Å². The molecule has 0 atom stereocenters. The maximum absolute atomic E-state index is 12.9. The molecule has 1 aromatic heterocycles. The average molecular weight is 361 g/mol. The van der Waals surface area contributed by atoms with Crippen LogP contribution in [0.5, 0.6) is 0 Å². The van der Waals surface area contributed by atoms with Crippen molar-refractivity contribution in [3.05, 3.63) is 76.1 Å². The van der Waals surface area contributed by atoms with Gasteiger partial charge in [-0.15, -0.1) is 0 Å². The number of anilines is 1. The van der Waals surface area contributed by atoms with Crippen LogP contribution in [0.1, 0.15) is 28.9 Å². The fraction of sp³-hybridized carbons (Fsp3) is 0.273. The summed E-state index contributed by atoms with van der Waals surface area (Å²) in [6, 6.07) is 17.3. The lowest BCUT2D eigenvalue weighted by Crippen LogP contribution is -2.43. The normalized spacial score (nSPS) is 15.1. The SMILES string of the molecule is Cc1ccccc1NC1CCN(C(=O)c2cc(=O)c3ccccc3[nH]2)CC1. The Balaban J connectivity index is 1.44. The Kier molecular flexibility index (Phi) is 4.67. The molecule has 2 aromatic carbocycles. The highest BCUT2D eigenvalue weighted by Gasteiger charge is 2.24. The molecule has 1 saturated heterocycles. The van der Waals surface area contributed by atoms with Crippen molar-refractivity contribution in [2.24, 2.45) is 0 Å². The van der Waals surface area contributed by atoms with Gasteiger partial charge in [-0.2, -0.15) is 0 Å². The predicted octanol–water partition coefficient (Wildman–Crippen LogP) is 3.55. The minimum atomic E-state index is -0.121. The van der Waals surface area contributed by atoms with Gasteiger partial charge in [0.15, 0.2) is 5.43 Å². The summed E-state index contributed by atoms with van der Waals surface area (Å²) < 4.78 is 0. The number of nitrogens with zero attached hydrogens (tertiary/aromatic N) is 1. The van der Waals surface area contributed by atoms with Gasteiger partial charge < -0.3 is 15.2 Å². The summed E-state index contributed by atoms with van der Waals surface area (Å²) in [5.41, 5.74) is 3.32. The van der Waals surface area contributed by atoms with Crippen LogP contribution in [-0.2, 0) is 0 Å². The predicted molar refractivity (Wildman–Crippen MR) is 108 cm³/mol. The number of rotatable bonds is 3. The number of nitrogens with one attached hydrogen (secondary N) is 2. The number of aryl methyl sites for hydroxylation is 1. The molecule has 3 aromatic rings. The van der Waals surface area contributed by atoms with E-state index in [4.69, 9.17) is 0 Å². The number of piperidine rings is 1. The Morgan fingerprint density at radius 2 is 1.78 bits per heavy atom. The monoisotopic (exact) mass is 361 g/mol. The molecular weight excluding hydrogens is 338 g/mol. The second-order valence-corrected chi connectivity index (χ2v) is 7.12. The third-order valence-corrected chi connectivity index (χ3v) is 5.25. The molecule has 1 aliphatic heterocycles. The van der Waals surface area contributed by atoms with Gasteiger partial charge in [-0.3, -0.25) is 9.59 Å². The Morgan fingerprint density at radius 1 is 1.07 bits per heavy atom. The number of carbonyl (C=O) groups is 1. The van der Waals surface area contributed by atoms with Gasteiger partial charge in [0.1, 0.15) is 5.69 Å². The number of fused-ring (bicyclic) bond motifs is 1. The molecule has 2 N–H and O–H groups in total. The number of amides is 1. The molecule has 2 heterocycles. The molecule has 138 valence electrons. The van der Waals surface area contributed by atoms with Crippen LogP contribution >= 0.6 is 0 Å². The summed E-state index contributed by atoms with van der Waals surface area (Å²) in [6.45, 7) is 3.45. The maximum Gasteiger partial charge on any atom is 0.270 e. The molecule has 27 heavy (non-hydrogen) atoms. The zero-order chi connectivity index (χ0) is 18.8. The third-order valence-electron chi connectivity index (χ3n) is 5.25. The Morgan fingerprint density at radius 3 is 2.56 bits per heavy atom. The molecule has 0 bridgehead atoms. The van der Waals surface area contributed by atoms with Gasteiger partial charge in [0.2, 0.25) is 0 Å². The Hall–Kier alpha value is -3.08. The lowest BCUT2D eigenvalue weighted by Gasteiger charge is -2.33. The zero-order valence-corrected chi connectivity index (χ0v) is 15.4. The largest absolute Gasteiger partial charge is 0.382 e. The molecule has 1 amide bonds. The summed E-state index contributed by atoms with van der Waals surface area (Å²) in [4.78, 5) is 30.1. The topological polar surface area (TPSA) is 65.2 Å². The maximum atomic E-state index is 12.9. The summed E-state index contributed by atoms with van der Waals surface area (Å²) >= 11 is 0. The van der Waals surface area contributed by atoms with E-state index >= 15 is 0 Å². The summed E-state index contributed by atoms with van der Waals surface area (Å²) in [6.07, 6.45) is 1.77. The van der Waals surface area contributed by atoms with E-state index in [0.29, 0.717) is 35.7 Å². The van der Waals surface area contributed by atoms with E-state index < -0.39 is 0 Å². The van der Waals surface area contributed by atoms with E-state index in [1.54, 1.807) is 6.07 Å². The van der Waals surface area contributed by atoms with Crippen LogP contribution in [0.4, 0.5) is 5.69 Å². The van der Waals surface area contributed by atoms with E-state index in [1.165, 1.54) is 11.6 Å². The second kappa shape index (κ2) is 7.27. The van der Waals surface area contributed by atoms with Crippen molar-refractivity contribution < 1.29 is 4.79 Å². The van der Waals surface area contributed by atoms with Gasteiger partial charge >= 0.3 is 0 Å². The lowest BCUT2D eigenvalue weighted by atomic mass is 10.0. The lowest BCUT2D eigenvalue weighted by molar-refractivity contribution is 0.0713. The van der Waals surface area contributed by atoms with Crippen LogP contribution in [-0.4, -0.2) is 34.9 Å². The molecule has 0 radical (unpaired) electrons. The van der Waals surface area contributed by atoms with Crippen LogP contribution in [0.3, 0.4) is 0 Å². The molecule has 1 fully saturated rings. The standard InChI is InChI=1S/C22H23N3O2/c1-15-6-2-4-8-18(15)23-16-10-12-25(13-11-16)22(27)20-14-21(26)17-7-3-5-9-19(17)24-20/h2-9,14,16,23H,10-13H2,1H3,(H,24,26). The highest BCUT2D eigenvalue weighted by molar-refractivity contribution is 5.94. The van der Waals surface area contributed by atoms with Crippen molar-refractivity contribution in [2.45, 2.75) is 25.8 Å². The van der Waals surface area contributed by atoms with Crippen molar-refractivity contribution in [3.63, 3.8) is 0 Å². The van der Waals surface area contributed by atoms with E-state index in [2.05, 4.69) is 29.4 Å². The third kappa shape index (κ3) is 3.58. The molecule has 0 saturated carbocycles. The highest BCUT2D eigenvalue weighted by atomic mass is 16.2. The number of pyridine rings is 1. The first-order valence-electron chi connectivity index (χ1n) is 9.35.